The molecule has 0 aliphatic carbocycles. The van der Waals surface area contributed by atoms with E-state index in [1.54, 1.807) is 24.3 Å². The van der Waals surface area contributed by atoms with Crippen LogP contribution in [0.4, 0.5) is 0 Å². The zero-order chi connectivity index (χ0) is 9.84. The van der Waals surface area contributed by atoms with Gasteiger partial charge in [-0.05, 0) is 17.7 Å². The molecular weight excluding hydrogens is 192 g/mol. The highest BCUT2D eigenvalue weighted by Gasteiger charge is 2.11. The smallest absolute Gasteiger partial charge is 0.172 e. The minimum atomic E-state index is -1.10. The lowest BCUT2D eigenvalue weighted by atomic mass is 10.1. The number of amidine groups is 1. The van der Waals surface area contributed by atoms with Crippen LogP contribution < -0.4 is 5.73 Å². The summed E-state index contributed by atoms with van der Waals surface area (Å²) in [6.07, 6.45) is -1.10. The van der Waals surface area contributed by atoms with E-state index in [4.69, 9.17) is 22.5 Å². The number of aliphatic hydroxyl groups is 1. The Hall–Kier alpha value is -1.26. The fourth-order valence-electron chi connectivity index (χ4n) is 0.871. The van der Waals surface area contributed by atoms with E-state index in [1.807, 2.05) is 0 Å². The van der Waals surface area contributed by atoms with E-state index in [2.05, 4.69) is 5.16 Å². The van der Waals surface area contributed by atoms with E-state index in [-0.39, 0.29) is 5.84 Å². The van der Waals surface area contributed by atoms with Crippen LogP contribution in [0.25, 0.3) is 0 Å². The van der Waals surface area contributed by atoms with E-state index in [0.717, 1.165) is 0 Å². The van der Waals surface area contributed by atoms with Gasteiger partial charge in [-0.15, -0.1) is 0 Å². The average molecular weight is 201 g/mol. The maximum absolute atomic E-state index is 9.42. The number of nitrogens with zero attached hydrogens (tertiary/aromatic N) is 1. The molecule has 0 fully saturated rings. The minimum Gasteiger partial charge on any atom is -0.409 e. The van der Waals surface area contributed by atoms with Gasteiger partial charge in [-0.1, -0.05) is 28.9 Å². The molecule has 0 amide bonds. The first kappa shape index (κ1) is 9.83. The fraction of sp³-hybridized carbons (Fsp3) is 0.125. The van der Waals surface area contributed by atoms with E-state index in [0.29, 0.717) is 10.6 Å². The third-order valence-corrected chi connectivity index (χ3v) is 1.83. The molecule has 0 saturated heterocycles. The van der Waals surface area contributed by atoms with Crippen LogP contribution in [0.1, 0.15) is 11.7 Å². The van der Waals surface area contributed by atoms with E-state index in [9.17, 15) is 5.11 Å². The molecule has 0 radical (unpaired) electrons. The highest BCUT2D eigenvalue weighted by Crippen LogP contribution is 2.16. The second-order valence-electron chi connectivity index (χ2n) is 2.48. The molecule has 1 rings (SSSR count). The van der Waals surface area contributed by atoms with Crippen molar-refractivity contribution in [3.63, 3.8) is 0 Å². The van der Waals surface area contributed by atoms with E-state index >= 15 is 0 Å². The Morgan fingerprint density at radius 1 is 1.38 bits per heavy atom. The Bertz CT molecular complexity index is 310. The topological polar surface area (TPSA) is 78.8 Å². The van der Waals surface area contributed by atoms with Crippen LogP contribution in [0, 0.1) is 0 Å². The van der Waals surface area contributed by atoms with Gasteiger partial charge in [-0.25, -0.2) is 0 Å². The summed E-state index contributed by atoms with van der Waals surface area (Å²) in [5.74, 6) is -0.248. The van der Waals surface area contributed by atoms with Gasteiger partial charge in [0.1, 0.15) is 6.10 Å². The predicted molar refractivity (Wildman–Crippen MR) is 49.8 cm³/mol. The van der Waals surface area contributed by atoms with Crippen molar-refractivity contribution < 1.29 is 10.3 Å². The summed E-state index contributed by atoms with van der Waals surface area (Å²) >= 11 is 5.64. The standard InChI is InChI=1S/C8H9ClN2O2/c9-6-3-1-5(2-4-6)7(12)8(10)11-13/h1-4,7,12-13H,(H2,10,11). The summed E-state index contributed by atoms with van der Waals surface area (Å²) in [7, 11) is 0. The molecule has 0 aliphatic rings. The van der Waals surface area contributed by atoms with Gasteiger partial charge < -0.3 is 16.0 Å². The number of oxime groups is 1. The molecule has 1 atom stereocenters. The Labute approximate surface area is 80.2 Å². The molecule has 4 nitrogen and oxygen atoms in total. The van der Waals surface area contributed by atoms with Crippen LogP contribution in [-0.4, -0.2) is 16.1 Å². The Kier molecular flexibility index (Phi) is 3.11. The van der Waals surface area contributed by atoms with Gasteiger partial charge in [-0.2, -0.15) is 0 Å². The van der Waals surface area contributed by atoms with Gasteiger partial charge in [0.05, 0.1) is 0 Å². The van der Waals surface area contributed by atoms with Crippen LogP contribution >= 0.6 is 11.6 Å². The summed E-state index contributed by atoms with van der Waals surface area (Å²) in [5.41, 5.74) is 5.73. The van der Waals surface area contributed by atoms with Crippen molar-refractivity contribution in [1.29, 1.82) is 0 Å². The second kappa shape index (κ2) is 4.11. The van der Waals surface area contributed by atoms with Crippen molar-refractivity contribution in [2.45, 2.75) is 6.10 Å². The number of rotatable bonds is 2. The zero-order valence-electron chi connectivity index (χ0n) is 6.68. The summed E-state index contributed by atoms with van der Waals surface area (Å²) in [6.45, 7) is 0. The minimum absolute atomic E-state index is 0.248. The summed E-state index contributed by atoms with van der Waals surface area (Å²) in [5, 5.41) is 21.0. The van der Waals surface area contributed by atoms with Crippen molar-refractivity contribution in [1.82, 2.24) is 0 Å². The molecule has 5 heteroatoms. The molecular formula is C8H9ClN2O2. The van der Waals surface area contributed by atoms with Gasteiger partial charge in [0.2, 0.25) is 0 Å². The van der Waals surface area contributed by atoms with Crippen LogP contribution in [0.5, 0.6) is 0 Å². The van der Waals surface area contributed by atoms with Crippen LogP contribution in [0.3, 0.4) is 0 Å². The molecule has 4 N–H and O–H groups in total. The highest BCUT2D eigenvalue weighted by atomic mass is 35.5. The van der Waals surface area contributed by atoms with Crippen molar-refractivity contribution in [2.75, 3.05) is 0 Å². The lowest BCUT2D eigenvalue weighted by Gasteiger charge is -2.08. The third-order valence-electron chi connectivity index (χ3n) is 1.58. The first-order valence-corrected chi connectivity index (χ1v) is 3.94. The molecule has 70 valence electrons. The van der Waals surface area contributed by atoms with Gasteiger partial charge in [0.15, 0.2) is 5.84 Å². The van der Waals surface area contributed by atoms with Crippen LogP contribution in [0.15, 0.2) is 29.4 Å². The maximum Gasteiger partial charge on any atom is 0.172 e. The summed E-state index contributed by atoms with van der Waals surface area (Å²) in [6, 6.07) is 6.44. The normalized spacial score (nSPS) is 14.2. The lowest BCUT2D eigenvalue weighted by Crippen LogP contribution is -2.21. The molecule has 0 spiro atoms. The van der Waals surface area contributed by atoms with E-state index < -0.39 is 6.10 Å². The average Bonchev–Trinajstić information content (AvgIpc) is 2.17. The Balaban J connectivity index is 2.89. The maximum atomic E-state index is 9.42. The molecule has 0 aliphatic heterocycles. The number of nitrogens with two attached hydrogens (primary N) is 1. The van der Waals surface area contributed by atoms with Gasteiger partial charge >= 0.3 is 0 Å². The molecule has 1 unspecified atom stereocenters. The van der Waals surface area contributed by atoms with Gasteiger partial charge in [0.25, 0.3) is 0 Å². The Morgan fingerprint density at radius 3 is 2.38 bits per heavy atom. The van der Waals surface area contributed by atoms with Crippen molar-refractivity contribution in [2.24, 2.45) is 10.9 Å². The highest BCUT2D eigenvalue weighted by molar-refractivity contribution is 6.30. The SMILES string of the molecule is N/C(=N\O)C(O)c1ccc(Cl)cc1. The quantitative estimate of drug-likeness (QED) is 0.290. The van der Waals surface area contributed by atoms with Crippen molar-refractivity contribution in [3.8, 4) is 0 Å². The number of hydrogen-bond donors (Lipinski definition) is 3. The van der Waals surface area contributed by atoms with Crippen LogP contribution in [-0.2, 0) is 0 Å². The van der Waals surface area contributed by atoms with Crippen molar-refractivity contribution in [3.05, 3.63) is 34.9 Å². The number of benzene rings is 1. The summed E-state index contributed by atoms with van der Waals surface area (Å²) < 4.78 is 0. The van der Waals surface area contributed by atoms with Crippen molar-refractivity contribution >= 4 is 17.4 Å². The molecule has 1 aromatic carbocycles. The molecule has 0 saturated carbocycles. The monoisotopic (exact) mass is 200 g/mol. The van der Waals surface area contributed by atoms with Gasteiger partial charge in [-0.3, -0.25) is 0 Å². The number of halogens is 1. The zero-order valence-corrected chi connectivity index (χ0v) is 7.44. The first-order valence-electron chi connectivity index (χ1n) is 3.56. The number of hydrogen-bond acceptors (Lipinski definition) is 3. The van der Waals surface area contributed by atoms with Gasteiger partial charge in [0, 0.05) is 5.02 Å². The molecule has 0 bridgehead atoms. The molecule has 0 heterocycles. The lowest BCUT2D eigenvalue weighted by molar-refractivity contribution is 0.233. The first-order chi connectivity index (χ1) is 6.15. The predicted octanol–water partition coefficient (Wildman–Crippen LogP) is 1.12. The van der Waals surface area contributed by atoms with E-state index in [1.165, 1.54) is 0 Å². The largest absolute Gasteiger partial charge is 0.409 e. The number of aliphatic hydroxyl groups excluding tert-OH is 1. The summed E-state index contributed by atoms with van der Waals surface area (Å²) in [4.78, 5) is 0. The second-order valence-corrected chi connectivity index (χ2v) is 2.92. The molecule has 0 aromatic heterocycles. The molecule has 13 heavy (non-hydrogen) atoms. The third kappa shape index (κ3) is 2.34. The van der Waals surface area contributed by atoms with Crippen LogP contribution in [0.2, 0.25) is 5.02 Å². The fourth-order valence-corrected chi connectivity index (χ4v) is 0.997. The Morgan fingerprint density at radius 2 is 1.92 bits per heavy atom. The molecule has 1 aromatic rings.